The lowest BCUT2D eigenvalue weighted by Gasteiger charge is -2.30. The normalized spacial score (nSPS) is 18.4. The van der Waals surface area contributed by atoms with Crippen molar-refractivity contribution in [3.63, 3.8) is 0 Å². The van der Waals surface area contributed by atoms with Gasteiger partial charge in [-0.05, 0) is 34.7 Å². The van der Waals surface area contributed by atoms with Crippen LogP contribution in [0.3, 0.4) is 0 Å². The summed E-state index contributed by atoms with van der Waals surface area (Å²) in [6, 6.07) is 22.3. The van der Waals surface area contributed by atoms with Gasteiger partial charge in [-0.2, -0.15) is 0 Å². The number of amides is 3. The van der Waals surface area contributed by atoms with E-state index in [9.17, 15) is 19.5 Å². The number of hydrogen-bond donors (Lipinski definition) is 3. The summed E-state index contributed by atoms with van der Waals surface area (Å²) in [5.41, 5.74) is 9.96. The minimum Gasteiger partial charge on any atom is -0.391 e. The number of benzene rings is 3. The summed E-state index contributed by atoms with van der Waals surface area (Å²) < 4.78 is 1.58. The molecule has 10 heteroatoms. The van der Waals surface area contributed by atoms with Crippen molar-refractivity contribution < 1.29 is 19.5 Å². The van der Waals surface area contributed by atoms with Crippen molar-refractivity contribution in [2.45, 2.75) is 50.9 Å². The van der Waals surface area contributed by atoms with Gasteiger partial charge in [-0.1, -0.05) is 85.8 Å². The first-order valence-corrected chi connectivity index (χ1v) is 13.8. The minimum absolute atomic E-state index is 0.00500. The molecule has 0 saturated carbocycles. The van der Waals surface area contributed by atoms with E-state index in [1.54, 1.807) is 4.68 Å². The molecule has 0 spiro atoms. The highest BCUT2D eigenvalue weighted by molar-refractivity contribution is 5.93. The number of nitrogens with one attached hydrogen (secondary N) is 1. The summed E-state index contributed by atoms with van der Waals surface area (Å²) in [5, 5.41) is 21.6. The molecule has 10 nitrogen and oxygen atoms in total. The fourth-order valence-electron chi connectivity index (χ4n) is 5.43. The smallest absolute Gasteiger partial charge is 0.248 e. The highest BCUT2D eigenvalue weighted by atomic mass is 16.3. The number of hydrogen-bond acceptors (Lipinski definition) is 6. The predicted octanol–water partition coefficient (Wildman–Crippen LogP) is 2.47. The number of nitrogens with zero attached hydrogens (tertiary/aromatic N) is 4. The summed E-state index contributed by atoms with van der Waals surface area (Å²) in [6.07, 6.45) is -0.635. The average Bonchev–Trinajstić information content (AvgIpc) is 3.57. The number of fused-ring (bicyclic) bond motifs is 1. The number of nitrogens with two attached hydrogens (primary N) is 1. The number of primary amides is 1. The first-order chi connectivity index (χ1) is 19.7. The van der Waals surface area contributed by atoms with E-state index in [0.717, 1.165) is 16.7 Å². The molecule has 5 rings (SSSR count). The van der Waals surface area contributed by atoms with E-state index in [-0.39, 0.29) is 31.2 Å². The molecule has 1 aliphatic rings. The number of likely N-dealkylation sites (tertiary alicyclic amines) is 1. The van der Waals surface area contributed by atoms with Crippen LogP contribution in [0, 0.1) is 5.92 Å². The molecule has 1 saturated heterocycles. The lowest BCUT2D eigenvalue weighted by atomic mass is 10.00. The van der Waals surface area contributed by atoms with Crippen LogP contribution in [0.5, 0.6) is 0 Å². The second-order valence-corrected chi connectivity index (χ2v) is 10.8. The molecule has 3 amide bonds. The summed E-state index contributed by atoms with van der Waals surface area (Å²) >= 11 is 0. The molecular weight excluding hydrogens is 520 g/mol. The molecular formula is C31H34N6O4. The predicted molar refractivity (Wildman–Crippen MR) is 154 cm³/mol. The second kappa shape index (κ2) is 11.9. The van der Waals surface area contributed by atoms with Gasteiger partial charge in [0.15, 0.2) is 0 Å². The van der Waals surface area contributed by atoms with Crippen molar-refractivity contribution in [1.82, 2.24) is 25.2 Å². The van der Waals surface area contributed by atoms with Crippen LogP contribution in [-0.4, -0.2) is 67.5 Å². The molecule has 4 aromatic rings. The van der Waals surface area contributed by atoms with Crippen LogP contribution >= 0.6 is 0 Å². The van der Waals surface area contributed by atoms with Crippen molar-refractivity contribution in [2.24, 2.45) is 11.7 Å². The number of β-amino-alcohol motifs (C(OH)–C–C–N with tert-alkyl or cyclic N) is 1. The molecule has 0 aliphatic carbocycles. The Morgan fingerprint density at radius 3 is 2.32 bits per heavy atom. The van der Waals surface area contributed by atoms with Crippen LogP contribution in [-0.2, 0) is 20.8 Å². The summed E-state index contributed by atoms with van der Waals surface area (Å²) in [5.74, 6) is -1.74. The first-order valence-electron chi connectivity index (χ1n) is 13.8. The molecule has 3 aromatic carbocycles. The lowest BCUT2D eigenvalue weighted by molar-refractivity contribution is -0.143. The van der Waals surface area contributed by atoms with E-state index in [4.69, 9.17) is 5.73 Å². The van der Waals surface area contributed by atoms with Gasteiger partial charge in [0, 0.05) is 19.4 Å². The van der Waals surface area contributed by atoms with Crippen LogP contribution in [0.2, 0.25) is 0 Å². The zero-order valence-electron chi connectivity index (χ0n) is 23.1. The van der Waals surface area contributed by atoms with Gasteiger partial charge in [0.1, 0.15) is 23.6 Å². The maximum atomic E-state index is 13.9. The van der Waals surface area contributed by atoms with Crippen LogP contribution in [0.4, 0.5) is 0 Å². The van der Waals surface area contributed by atoms with Gasteiger partial charge >= 0.3 is 0 Å². The Morgan fingerprint density at radius 1 is 0.976 bits per heavy atom. The number of aromatic nitrogens is 3. The molecule has 4 atom stereocenters. The van der Waals surface area contributed by atoms with Gasteiger partial charge < -0.3 is 21.1 Å². The third kappa shape index (κ3) is 5.97. The average molecular weight is 555 g/mol. The molecule has 3 unspecified atom stereocenters. The Morgan fingerprint density at radius 2 is 1.63 bits per heavy atom. The maximum absolute atomic E-state index is 13.9. The number of carbonyl (C=O) groups is 3. The molecule has 1 aliphatic heterocycles. The monoisotopic (exact) mass is 554 g/mol. The van der Waals surface area contributed by atoms with E-state index in [1.165, 1.54) is 4.90 Å². The molecule has 1 aromatic heterocycles. The number of aliphatic hydroxyl groups excluding tert-OH is 1. The third-order valence-electron chi connectivity index (χ3n) is 7.55. The van der Waals surface area contributed by atoms with Crippen LogP contribution in [0.25, 0.3) is 22.2 Å². The maximum Gasteiger partial charge on any atom is 0.248 e. The second-order valence-electron chi connectivity index (χ2n) is 10.8. The minimum atomic E-state index is -0.986. The number of carbonyl (C=O) groups excluding carboxylic acids is 3. The molecule has 212 valence electrons. The Bertz CT molecular complexity index is 1540. The van der Waals surface area contributed by atoms with Crippen LogP contribution in [0.1, 0.15) is 31.9 Å². The summed E-state index contributed by atoms with van der Waals surface area (Å²) in [6.45, 7) is 3.79. The molecule has 4 N–H and O–H groups in total. The van der Waals surface area contributed by atoms with Gasteiger partial charge in [0.2, 0.25) is 17.7 Å². The standard InChI is InChI=1S/C31H34N6O4/c1-19(2)28(37-26-11-7-6-10-24(26)34-35-37)31(41)36-18-23(38)17-27(36)30(40)33-25(29(32)39)16-20-12-14-22(15-13-20)21-8-4-3-5-9-21/h3-15,19,23,25,27-28,38H,16-18H2,1-2H3,(H2,32,39)(H,33,40)/t23?,25-,27?,28?/m1/s1. The van der Waals surface area contributed by atoms with E-state index in [1.807, 2.05) is 92.7 Å². The molecule has 0 radical (unpaired) electrons. The van der Waals surface area contributed by atoms with Crippen molar-refractivity contribution in [3.05, 3.63) is 84.4 Å². The van der Waals surface area contributed by atoms with E-state index in [2.05, 4.69) is 15.6 Å². The zero-order valence-corrected chi connectivity index (χ0v) is 23.1. The molecule has 41 heavy (non-hydrogen) atoms. The largest absolute Gasteiger partial charge is 0.391 e. The SMILES string of the molecule is CC(C)C(C(=O)N1CC(O)CC1C(=O)N[C@H](Cc1ccc(-c2ccccc2)cc1)C(N)=O)n1nnc2ccccc21. The molecule has 0 bridgehead atoms. The van der Waals surface area contributed by atoms with Crippen LogP contribution < -0.4 is 11.1 Å². The van der Waals surface area contributed by atoms with Gasteiger partial charge in [0.05, 0.1) is 11.6 Å². The summed E-state index contributed by atoms with van der Waals surface area (Å²) in [7, 11) is 0. The van der Waals surface area contributed by atoms with E-state index >= 15 is 0 Å². The highest BCUT2D eigenvalue weighted by Gasteiger charge is 2.43. The van der Waals surface area contributed by atoms with E-state index < -0.39 is 36.0 Å². The Kier molecular flexibility index (Phi) is 8.11. The highest BCUT2D eigenvalue weighted by Crippen LogP contribution is 2.29. The topological polar surface area (TPSA) is 143 Å². The van der Waals surface area contributed by atoms with Crippen molar-refractivity contribution in [3.8, 4) is 11.1 Å². The fraction of sp³-hybridized carbons (Fsp3) is 0.323. The Labute approximate surface area is 238 Å². The van der Waals surface area contributed by atoms with Gasteiger partial charge in [0.25, 0.3) is 0 Å². The number of para-hydroxylation sites is 1. The zero-order chi connectivity index (χ0) is 29.1. The quantitative estimate of drug-likeness (QED) is 0.290. The van der Waals surface area contributed by atoms with Crippen molar-refractivity contribution in [2.75, 3.05) is 6.54 Å². The number of rotatable bonds is 9. The van der Waals surface area contributed by atoms with Gasteiger partial charge in [-0.15, -0.1) is 5.10 Å². The van der Waals surface area contributed by atoms with E-state index in [0.29, 0.717) is 11.0 Å². The first kappa shape index (κ1) is 28.0. The van der Waals surface area contributed by atoms with Gasteiger partial charge in [-0.25, -0.2) is 4.68 Å². The third-order valence-corrected chi connectivity index (χ3v) is 7.55. The number of aliphatic hydroxyl groups is 1. The van der Waals surface area contributed by atoms with Crippen LogP contribution in [0.15, 0.2) is 78.9 Å². The fourth-order valence-corrected chi connectivity index (χ4v) is 5.43. The molecule has 2 heterocycles. The van der Waals surface area contributed by atoms with Crippen molar-refractivity contribution in [1.29, 1.82) is 0 Å². The Hall–Kier alpha value is -4.57. The van der Waals surface area contributed by atoms with Crippen molar-refractivity contribution >= 4 is 28.8 Å². The molecule has 1 fully saturated rings. The Balaban J connectivity index is 1.32. The lowest BCUT2D eigenvalue weighted by Crippen LogP contribution is -2.54. The summed E-state index contributed by atoms with van der Waals surface area (Å²) in [4.78, 5) is 41.1. The van der Waals surface area contributed by atoms with Gasteiger partial charge in [-0.3, -0.25) is 14.4 Å².